The third-order valence-corrected chi connectivity index (χ3v) is 7.84. The highest BCUT2D eigenvalue weighted by Gasteiger charge is 2.19. The lowest BCUT2D eigenvalue weighted by Gasteiger charge is -2.12. The van der Waals surface area contributed by atoms with Crippen molar-refractivity contribution in [2.75, 3.05) is 0 Å². The number of H-pyrrole nitrogens is 2. The standard InChI is InChI=1S/C22H19NO5.C18H15NO4/c1-11(2)21(25)27-14-9-16-18(17(10-14)28-22(26)12(3)4)20(24)15-8-6-7-13(5)19(15)23-16;1-9(2)18(22)23-11-7-13-15(14(20)8-11)17(21)12-6-4-5-10(3)16(12)19-13/h6-10H,1,3H2,2,4-5H3,(H,23,24);4-8,20H,1H2,2-3H3,(H,19,21). The number of hydrogen-bond donors (Lipinski definition) is 3. The van der Waals surface area contributed by atoms with Crippen LogP contribution in [0.2, 0.25) is 0 Å². The predicted molar refractivity (Wildman–Crippen MR) is 197 cm³/mol. The summed E-state index contributed by atoms with van der Waals surface area (Å²) < 4.78 is 15.8. The first-order valence-corrected chi connectivity index (χ1v) is 15.6. The molecule has 0 bridgehead atoms. The van der Waals surface area contributed by atoms with E-state index in [1.54, 1.807) is 24.3 Å². The largest absolute Gasteiger partial charge is 0.507 e. The molecule has 0 aliphatic rings. The molecule has 51 heavy (non-hydrogen) atoms. The fourth-order valence-corrected chi connectivity index (χ4v) is 5.22. The SMILES string of the molecule is C=C(C)C(=O)Oc1cc(O)c2c(=O)c3cccc(C)c3[nH]c2c1.C=C(C)C(=O)Oc1cc(OC(=O)C(=C)C)c2c(=O)c3cccc(C)c3[nH]c2c1. The quantitative estimate of drug-likeness (QED) is 0.0715. The second-order valence-corrected chi connectivity index (χ2v) is 12.1. The Morgan fingerprint density at radius 2 is 1.02 bits per heavy atom. The molecular weight excluding hydrogens is 652 g/mol. The number of aromatic amines is 2. The molecule has 0 radical (unpaired) electrons. The first-order valence-electron chi connectivity index (χ1n) is 15.6. The molecule has 0 aliphatic heterocycles. The summed E-state index contributed by atoms with van der Waals surface area (Å²) in [6.45, 7) is 18.9. The molecule has 4 aromatic carbocycles. The van der Waals surface area contributed by atoms with Crippen LogP contribution in [0.3, 0.4) is 0 Å². The van der Waals surface area contributed by atoms with E-state index >= 15 is 0 Å². The summed E-state index contributed by atoms with van der Waals surface area (Å²) in [6, 6.07) is 16.3. The highest BCUT2D eigenvalue weighted by Crippen LogP contribution is 2.32. The monoisotopic (exact) mass is 686 g/mol. The number of aromatic nitrogens is 2. The smallest absolute Gasteiger partial charge is 0.338 e. The topological polar surface area (TPSA) is 165 Å². The molecule has 3 N–H and O–H groups in total. The summed E-state index contributed by atoms with van der Waals surface area (Å²) in [7, 11) is 0. The molecule has 2 aromatic heterocycles. The maximum absolute atomic E-state index is 13.1. The van der Waals surface area contributed by atoms with Gasteiger partial charge in [0.1, 0.15) is 23.0 Å². The van der Waals surface area contributed by atoms with Gasteiger partial charge in [-0.15, -0.1) is 0 Å². The van der Waals surface area contributed by atoms with Gasteiger partial charge in [-0.25, -0.2) is 14.4 Å². The summed E-state index contributed by atoms with van der Waals surface area (Å²) in [4.78, 5) is 67.6. The summed E-state index contributed by atoms with van der Waals surface area (Å²) in [5.41, 5.74) is 3.97. The van der Waals surface area contributed by atoms with Gasteiger partial charge in [-0.3, -0.25) is 9.59 Å². The lowest BCUT2D eigenvalue weighted by atomic mass is 10.1. The number of phenols is 1. The van der Waals surface area contributed by atoms with Crippen molar-refractivity contribution >= 4 is 61.5 Å². The number of para-hydroxylation sites is 2. The van der Waals surface area contributed by atoms with Crippen LogP contribution in [0.15, 0.2) is 107 Å². The van der Waals surface area contributed by atoms with Crippen LogP contribution in [-0.2, 0) is 14.4 Å². The lowest BCUT2D eigenvalue weighted by molar-refractivity contribution is -0.131. The molecule has 0 atom stereocenters. The van der Waals surface area contributed by atoms with E-state index in [4.69, 9.17) is 14.2 Å². The molecular formula is C40H34N2O9. The number of rotatable bonds is 6. The van der Waals surface area contributed by atoms with Crippen molar-refractivity contribution in [3.05, 3.63) is 129 Å². The molecule has 258 valence electrons. The molecule has 6 aromatic rings. The fourth-order valence-electron chi connectivity index (χ4n) is 5.22. The van der Waals surface area contributed by atoms with Crippen molar-refractivity contribution < 1.29 is 33.7 Å². The number of benzene rings is 4. The molecule has 0 saturated carbocycles. The third kappa shape index (κ3) is 7.18. The summed E-state index contributed by atoms with van der Waals surface area (Å²) in [5.74, 6) is -1.90. The van der Waals surface area contributed by atoms with Crippen LogP contribution < -0.4 is 25.1 Å². The van der Waals surface area contributed by atoms with Gasteiger partial charge in [-0.2, -0.15) is 0 Å². The highest BCUT2D eigenvalue weighted by atomic mass is 16.5. The lowest BCUT2D eigenvalue weighted by Crippen LogP contribution is -2.14. The van der Waals surface area contributed by atoms with Crippen molar-refractivity contribution in [3.8, 4) is 23.0 Å². The average molecular weight is 687 g/mol. The Hall–Kier alpha value is -6.75. The zero-order valence-electron chi connectivity index (χ0n) is 28.6. The van der Waals surface area contributed by atoms with Crippen LogP contribution >= 0.6 is 0 Å². The number of phenolic OH excluding ortho intramolecular Hbond substituents is 1. The van der Waals surface area contributed by atoms with E-state index in [1.165, 1.54) is 45.0 Å². The van der Waals surface area contributed by atoms with Crippen molar-refractivity contribution in [2.45, 2.75) is 34.6 Å². The van der Waals surface area contributed by atoms with Gasteiger partial charge in [0.15, 0.2) is 0 Å². The van der Waals surface area contributed by atoms with Gasteiger partial charge in [0.05, 0.1) is 32.8 Å². The molecule has 0 spiro atoms. The number of fused-ring (bicyclic) bond motifs is 4. The Bertz CT molecular complexity index is 2630. The Kier molecular flexibility index (Phi) is 9.76. The zero-order valence-corrected chi connectivity index (χ0v) is 28.6. The predicted octanol–water partition coefficient (Wildman–Crippen LogP) is 7.13. The molecule has 11 nitrogen and oxygen atoms in total. The number of carbonyl (C=O) groups is 3. The van der Waals surface area contributed by atoms with E-state index in [1.807, 2.05) is 26.0 Å². The van der Waals surface area contributed by atoms with Gasteiger partial charge in [-0.1, -0.05) is 44.0 Å². The first-order chi connectivity index (χ1) is 24.1. The van der Waals surface area contributed by atoms with Crippen molar-refractivity contribution in [1.29, 1.82) is 0 Å². The second kappa shape index (κ2) is 14.0. The minimum absolute atomic E-state index is 0.0142. The second-order valence-electron chi connectivity index (χ2n) is 12.1. The molecule has 0 aliphatic carbocycles. The van der Waals surface area contributed by atoms with Gasteiger partial charge in [0.25, 0.3) is 0 Å². The Balaban J connectivity index is 0.000000201. The molecule has 0 fully saturated rings. The van der Waals surface area contributed by atoms with Gasteiger partial charge in [0.2, 0.25) is 10.9 Å². The minimum atomic E-state index is -0.687. The van der Waals surface area contributed by atoms with Crippen LogP contribution in [0, 0.1) is 13.8 Å². The number of ether oxygens (including phenoxy) is 3. The van der Waals surface area contributed by atoms with E-state index in [0.717, 1.165) is 11.1 Å². The number of esters is 3. The summed E-state index contributed by atoms with van der Waals surface area (Å²) in [6.07, 6.45) is 0. The first kappa shape index (κ1) is 35.6. The van der Waals surface area contributed by atoms with Crippen molar-refractivity contribution in [1.82, 2.24) is 9.97 Å². The fraction of sp³-hybridized carbons (Fsp3) is 0.125. The Morgan fingerprint density at radius 3 is 1.49 bits per heavy atom. The molecule has 0 unspecified atom stereocenters. The number of carbonyl (C=O) groups excluding carboxylic acids is 3. The minimum Gasteiger partial charge on any atom is -0.507 e. The van der Waals surface area contributed by atoms with Crippen LogP contribution in [-0.4, -0.2) is 33.0 Å². The van der Waals surface area contributed by atoms with Crippen LogP contribution in [0.4, 0.5) is 0 Å². The molecule has 0 saturated heterocycles. The number of aromatic hydroxyl groups is 1. The third-order valence-electron chi connectivity index (χ3n) is 7.84. The zero-order chi connectivity index (χ0) is 37.3. The maximum atomic E-state index is 13.1. The van der Waals surface area contributed by atoms with Gasteiger partial charge >= 0.3 is 17.9 Å². The van der Waals surface area contributed by atoms with E-state index in [2.05, 4.69) is 29.7 Å². The van der Waals surface area contributed by atoms with E-state index < -0.39 is 17.9 Å². The highest BCUT2D eigenvalue weighted by molar-refractivity contribution is 6.01. The van der Waals surface area contributed by atoms with E-state index in [0.29, 0.717) is 32.8 Å². The molecule has 6 rings (SSSR count). The van der Waals surface area contributed by atoms with Crippen LogP contribution in [0.5, 0.6) is 23.0 Å². The molecule has 11 heteroatoms. The Morgan fingerprint density at radius 1 is 0.608 bits per heavy atom. The van der Waals surface area contributed by atoms with Crippen LogP contribution in [0.25, 0.3) is 43.6 Å². The number of nitrogens with one attached hydrogen (secondary N) is 2. The van der Waals surface area contributed by atoms with Crippen LogP contribution in [0.1, 0.15) is 31.9 Å². The molecule has 0 amide bonds. The maximum Gasteiger partial charge on any atom is 0.338 e. The summed E-state index contributed by atoms with van der Waals surface area (Å²) in [5, 5.41) is 11.5. The number of pyridine rings is 2. The van der Waals surface area contributed by atoms with Gasteiger partial charge < -0.3 is 29.3 Å². The van der Waals surface area contributed by atoms with Crippen molar-refractivity contribution in [3.63, 3.8) is 0 Å². The average Bonchev–Trinajstić information content (AvgIpc) is 3.05. The summed E-state index contributed by atoms with van der Waals surface area (Å²) >= 11 is 0. The Labute approximate surface area is 291 Å². The van der Waals surface area contributed by atoms with E-state index in [-0.39, 0.29) is 61.3 Å². The number of aryl methyl sites for hydroxylation is 2. The van der Waals surface area contributed by atoms with E-state index in [9.17, 15) is 29.1 Å². The number of hydrogen-bond acceptors (Lipinski definition) is 9. The van der Waals surface area contributed by atoms with Crippen molar-refractivity contribution in [2.24, 2.45) is 0 Å². The molecule has 2 heterocycles. The van der Waals surface area contributed by atoms with Gasteiger partial charge in [0, 0.05) is 51.8 Å². The van der Waals surface area contributed by atoms with Gasteiger partial charge in [-0.05, 0) is 57.9 Å². The normalized spacial score (nSPS) is 10.8.